The Kier molecular flexibility index (Phi) is 12.1. The van der Waals surface area contributed by atoms with Crippen molar-refractivity contribution < 1.29 is 23.8 Å². The van der Waals surface area contributed by atoms with Crippen molar-refractivity contribution in [2.45, 2.75) is 78.6 Å². The molecule has 0 saturated carbocycles. The Labute approximate surface area is 198 Å². The summed E-state index contributed by atoms with van der Waals surface area (Å²) in [5, 5.41) is 0. The first-order valence-corrected chi connectivity index (χ1v) is 12.3. The molecule has 0 aliphatic rings. The largest absolute Gasteiger partial charge is 0.494 e. The standard InChI is InChI=1S/C28H38O5/c1-4-6-7-8-9-10-11-12-21-31-24-15-13-23(14-16-24)28(30)33-26-19-17-25(18-20-26)32-27(29)22(3)5-2/h13-20,22H,4-12,21H2,1-3H3. The van der Waals surface area contributed by atoms with Gasteiger partial charge in [0, 0.05) is 0 Å². The van der Waals surface area contributed by atoms with Gasteiger partial charge in [0.25, 0.3) is 0 Å². The molecule has 33 heavy (non-hydrogen) atoms. The highest BCUT2D eigenvalue weighted by Crippen LogP contribution is 2.21. The highest BCUT2D eigenvalue weighted by Gasteiger charge is 2.14. The van der Waals surface area contributed by atoms with Crippen molar-refractivity contribution in [3.05, 3.63) is 54.1 Å². The van der Waals surface area contributed by atoms with Crippen molar-refractivity contribution in [2.24, 2.45) is 5.92 Å². The fraction of sp³-hybridized carbons (Fsp3) is 0.500. The maximum atomic E-state index is 12.4. The van der Waals surface area contributed by atoms with E-state index in [0.717, 1.165) is 18.6 Å². The zero-order valence-electron chi connectivity index (χ0n) is 20.3. The number of unbranched alkanes of at least 4 members (excludes halogenated alkanes) is 7. The van der Waals surface area contributed by atoms with Gasteiger partial charge in [-0.1, -0.05) is 65.7 Å². The zero-order valence-corrected chi connectivity index (χ0v) is 20.3. The minimum Gasteiger partial charge on any atom is -0.494 e. The molecule has 5 heteroatoms. The number of ether oxygens (including phenoxy) is 3. The van der Waals surface area contributed by atoms with E-state index in [9.17, 15) is 9.59 Å². The molecular formula is C28H38O5. The van der Waals surface area contributed by atoms with Gasteiger partial charge >= 0.3 is 11.9 Å². The molecule has 2 aromatic rings. The molecule has 0 saturated heterocycles. The van der Waals surface area contributed by atoms with Crippen LogP contribution in [0.25, 0.3) is 0 Å². The van der Waals surface area contributed by atoms with Gasteiger partial charge in [-0.05, 0) is 61.4 Å². The molecule has 180 valence electrons. The van der Waals surface area contributed by atoms with Gasteiger partial charge < -0.3 is 14.2 Å². The van der Waals surface area contributed by atoms with Crippen molar-refractivity contribution in [3.63, 3.8) is 0 Å². The lowest BCUT2D eigenvalue weighted by molar-refractivity contribution is -0.138. The third-order valence-corrected chi connectivity index (χ3v) is 5.62. The normalized spacial score (nSPS) is 11.6. The van der Waals surface area contributed by atoms with E-state index in [1.807, 2.05) is 13.8 Å². The van der Waals surface area contributed by atoms with Crippen molar-refractivity contribution >= 4 is 11.9 Å². The third kappa shape index (κ3) is 10.1. The van der Waals surface area contributed by atoms with Crippen molar-refractivity contribution in [1.29, 1.82) is 0 Å². The van der Waals surface area contributed by atoms with Gasteiger partial charge in [0.1, 0.15) is 17.2 Å². The van der Waals surface area contributed by atoms with Gasteiger partial charge in [0.15, 0.2) is 0 Å². The van der Waals surface area contributed by atoms with Gasteiger partial charge in [0.2, 0.25) is 0 Å². The van der Waals surface area contributed by atoms with Crippen LogP contribution in [0.5, 0.6) is 17.2 Å². The van der Waals surface area contributed by atoms with Crippen LogP contribution in [0.3, 0.4) is 0 Å². The van der Waals surface area contributed by atoms with Gasteiger partial charge in [0.05, 0.1) is 18.1 Å². The second-order valence-electron chi connectivity index (χ2n) is 8.44. The number of carbonyl (C=O) groups is 2. The monoisotopic (exact) mass is 454 g/mol. The number of esters is 2. The summed E-state index contributed by atoms with van der Waals surface area (Å²) in [6.07, 6.45) is 10.8. The van der Waals surface area contributed by atoms with E-state index in [2.05, 4.69) is 6.92 Å². The summed E-state index contributed by atoms with van der Waals surface area (Å²) in [7, 11) is 0. The predicted octanol–water partition coefficient (Wildman–Crippen LogP) is 7.38. The molecule has 0 N–H and O–H groups in total. The summed E-state index contributed by atoms with van der Waals surface area (Å²) in [6, 6.07) is 13.4. The fourth-order valence-electron chi connectivity index (χ4n) is 3.24. The summed E-state index contributed by atoms with van der Waals surface area (Å²) in [6.45, 7) is 6.68. The lowest BCUT2D eigenvalue weighted by Crippen LogP contribution is -2.16. The first-order valence-electron chi connectivity index (χ1n) is 12.3. The van der Waals surface area contributed by atoms with Crippen LogP contribution in [-0.2, 0) is 4.79 Å². The van der Waals surface area contributed by atoms with Crippen LogP contribution in [0, 0.1) is 5.92 Å². The molecule has 0 amide bonds. The Bertz CT molecular complexity index is 826. The van der Waals surface area contributed by atoms with E-state index in [1.54, 1.807) is 48.5 Å². The third-order valence-electron chi connectivity index (χ3n) is 5.62. The topological polar surface area (TPSA) is 61.8 Å². The first-order chi connectivity index (χ1) is 16.0. The number of rotatable bonds is 15. The van der Waals surface area contributed by atoms with E-state index < -0.39 is 5.97 Å². The van der Waals surface area contributed by atoms with Crippen LogP contribution in [0.4, 0.5) is 0 Å². The molecule has 0 radical (unpaired) electrons. The smallest absolute Gasteiger partial charge is 0.343 e. The predicted molar refractivity (Wildman–Crippen MR) is 131 cm³/mol. The van der Waals surface area contributed by atoms with Crippen LogP contribution in [-0.4, -0.2) is 18.5 Å². The zero-order chi connectivity index (χ0) is 23.9. The highest BCUT2D eigenvalue weighted by atomic mass is 16.5. The molecule has 0 spiro atoms. The number of benzene rings is 2. The maximum Gasteiger partial charge on any atom is 0.343 e. The van der Waals surface area contributed by atoms with Gasteiger partial charge in [-0.3, -0.25) is 4.79 Å². The molecule has 1 atom stereocenters. The summed E-state index contributed by atoms with van der Waals surface area (Å²) >= 11 is 0. The molecule has 2 rings (SSSR count). The van der Waals surface area contributed by atoms with Crippen molar-refractivity contribution in [2.75, 3.05) is 6.61 Å². The molecule has 5 nitrogen and oxygen atoms in total. The minimum atomic E-state index is -0.450. The molecule has 0 aromatic heterocycles. The average molecular weight is 455 g/mol. The molecule has 0 aliphatic carbocycles. The Morgan fingerprint density at radius 3 is 1.79 bits per heavy atom. The van der Waals surface area contributed by atoms with Crippen LogP contribution in [0.2, 0.25) is 0 Å². The Hall–Kier alpha value is -2.82. The number of carbonyl (C=O) groups excluding carboxylic acids is 2. The number of hydrogen-bond acceptors (Lipinski definition) is 5. The Morgan fingerprint density at radius 2 is 1.21 bits per heavy atom. The fourth-order valence-corrected chi connectivity index (χ4v) is 3.24. The molecule has 0 bridgehead atoms. The molecular weight excluding hydrogens is 416 g/mol. The van der Waals surface area contributed by atoms with E-state index in [1.165, 1.54) is 44.9 Å². The lowest BCUT2D eigenvalue weighted by Gasteiger charge is -2.10. The molecule has 0 fully saturated rings. The van der Waals surface area contributed by atoms with Gasteiger partial charge in [-0.25, -0.2) is 4.79 Å². The Morgan fingerprint density at radius 1 is 0.697 bits per heavy atom. The summed E-state index contributed by atoms with van der Waals surface area (Å²) in [4.78, 5) is 24.3. The van der Waals surface area contributed by atoms with E-state index in [4.69, 9.17) is 14.2 Å². The van der Waals surface area contributed by atoms with E-state index in [-0.39, 0.29) is 11.9 Å². The second kappa shape index (κ2) is 15.1. The highest BCUT2D eigenvalue weighted by molar-refractivity contribution is 5.91. The summed E-state index contributed by atoms with van der Waals surface area (Å²) in [5.41, 5.74) is 0.446. The van der Waals surface area contributed by atoms with Crippen molar-refractivity contribution in [1.82, 2.24) is 0 Å². The molecule has 2 aromatic carbocycles. The summed E-state index contributed by atoms with van der Waals surface area (Å²) < 4.78 is 16.5. The molecule has 0 heterocycles. The van der Waals surface area contributed by atoms with E-state index >= 15 is 0 Å². The SMILES string of the molecule is CCCCCCCCCCOc1ccc(C(=O)Oc2ccc(OC(=O)C(C)CC)cc2)cc1. The van der Waals surface area contributed by atoms with Gasteiger partial charge in [-0.15, -0.1) is 0 Å². The number of hydrogen-bond donors (Lipinski definition) is 0. The molecule has 1 unspecified atom stereocenters. The Balaban J connectivity index is 1.70. The van der Waals surface area contributed by atoms with Crippen molar-refractivity contribution in [3.8, 4) is 17.2 Å². The lowest BCUT2D eigenvalue weighted by atomic mass is 10.1. The van der Waals surface area contributed by atoms with E-state index in [0.29, 0.717) is 23.7 Å². The maximum absolute atomic E-state index is 12.4. The quantitative estimate of drug-likeness (QED) is 0.160. The average Bonchev–Trinajstić information content (AvgIpc) is 2.84. The van der Waals surface area contributed by atoms with Crippen LogP contribution >= 0.6 is 0 Å². The molecule has 0 aliphatic heterocycles. The second-order valence-corrected chi connectivity index (χ2v) is 8.44. The van der Waals surface area contributed by atoms with Crippen LogP contribution in [0.15, 0.2) is 48.5 Å². The van der Waals surface area contributed by atoms with Crippen LogP contribution in [0.1, 0.15) is 88.9 Å². The summed E-state index contributed by atoms with van der Waals surface area (Å²) in [5.74, 6) is 0.689. The minimum absolute atomic E-state index is 0.158. The van der Waals surface area contributed by atoms with Crippen LogP contribution < -0.4 is 14.2 Å². The first kappa shape index (κ1) is 26.4. The van der Waals surface area contributed by atoms with Gasteiger partial charge in [-0.2, -0.15) is 0 Å².